The molecule has 0 aliphatic carbocycles. The Hall–Kier alpha value is 0.110. The first kappa shape index (κ1) is 8.21. The molecule has 1 aromatic heterocycles. The van der Waals surface area contributed by atoms with Crippen molar-refractivity contribution in [3.05, 3.63) is 14.5 Å². The van der Waals surface area contributed by atoms with Crippen LogP contribution in [0.3, 0.4) is 0 Å². The van der Waals surface area contributed by atoms with Crippen LogP contribution in [-0.2, 0) is 0 Å². The van der Waals surface area contributed by atoms with Crippen LogP contribution in [0.1, 0.15) is 29.7 Å². The van der Waals surface area contributed by atoms with E-state index < -0.39 is 0 Å². The highest BCUT2D eigenvalue weighted by Gasteiger charge is 2.08. The Labute approximate surface area is 73.6 Å². The molecular weight excluding hydrogens is 210 g/mol. The Morgan fingerprint density at radius 2 is 2.10 bits per heavy atom. The number of halogens is 1. The van der Waals surface area contributed by atoms with E-state index in [0.717, 1.165) is 9.61 Å². The second kappa shape index (κ2) is 3.01. The van der Waals surface area contributed by atoms with E-state index in [2.05, 4.69) is 34.8 Å². The van der Waals surface area contributed by atoms with Crippen LogP contribution < -0.4 is 0 Å². The lowest BCUT2D eigenvalue weighted by Crippen LogP contribution is -1.81. The van der Waals surface area contributed by atoms with Gasteiger partial charge in [-0.1, -0.05) is 13.8 Å². The summed E-state index contributed by atoms with van der Waals surface area (Å²) in [5.41, 5.74) is 0. The fraction of sp³-hybridized carbons (Fsp3) is 0.571. The number of rotatable bonds is 1. The predicted molar refractivity (Wildman–Crippen MR) is 48.6 cm³/mol. The van der Waals surface area contributed by atoms with Crippen molar-refractivity contribution < 1.29 is 0 Å². The van der Waals surface area contributed by atoms with Gasteiger partial charge in [0.1, 0.15) is 4.60 Å². The Morgan fingerprint density at radius 1 is 1.50 bits per heavy atom. The van der Waals surface area contributed by atoms with Gasteiger partial charge >= 0.3 is 0 Å². The maximum atomic E-state index is 4.27. The van der Waals surface area contributed by atoms with Gasteiger partial charge in [-0.3, -0.25) is 0 Å². The molecule has 1 nitrogen and oxygen atoms in total. The molecule has 0 aromatic carbocycles. The van der Waals surface area contributed by atoms with Crippen LogP contribution in [-0.4, -0.2) is 4.98 Å². The summed E-state index contributed by atoms with van der Waals surface area (Å²) < 4.78 is 1.02. The van der Waals surface area contributed by atoms with E-state index >= 15 is 0 Å². The number of aryl methyl sites for hydroxylation is 1. The van der Waals surface area contributed by atoms with Gasteiger partial charge in [0.2, 0.25) is 0 Å². The van der Waals surface area contributed by atoms with Gasteiger partial charge in [0.15, 0.2) is 0 Å². The third-order valence-electron chi connectivity index (χ3n) is 1.24. The molecule has 0 aliphatic rings. The molecule has 56 valence electrons. The molecule has 3 heteroatoms. The van der Waals surface area contributed by atoms with Crippen molar-refractivity contribution >= 4 is 27.3 Å². The maximum absolute atomic E-state index is 4.27. The summed E-state index contributed by atoms with van der Waals surface area (Å²) in [4.78, 5) is 5.61. The SMILES string of the molecule is Cc1nc(Br)c(C(C)C)s1. The molecule has 1 rings (SSSR count). The van der Waals surface area contributed by atoms with Crippen LogP contribution in [0.25, 0.3) is 0 Å². The van der Waals surface area contributed by atoms with Gasteiger partial charge in [0.05, 0.1) is 5.01 Å². The van der Waals surface area contributed by atoms with E-state index in [9.17, 15) is 0 Å². The van der Waals surface area contributed by atoms with Gasteiger partial charge in [0.25, 0.3) is 0 Å². The largest absolute Gasteiger partial charge is 0.234 e. The first-order valence-corrected chi connectivity index (χ1v) is 4.85. The molecule has 1 heterocycles. The van der Waals surface area contributed by atoms with Crippen LogP contribution in [0.15, 0.2) is 4.60 Å². The molecule has 1 aromatic rings. The van der Waals surface area contributed by atoms with Gasteiger partial charge in [0, 0.05) is 4.88 Å². The van der Waals surface area contributed by atoms with Crippen molar-refractivity contribution in [1.29, 1.82) is 0 Å². The minimum atomic E-state index is 0.584. The van der Waals surface area contributed by atoms with Gasteiger partial charge < -0.3 is 0 Å². The minimum absolute atomic E-state index is 0.584. The number of thiazole rings is 1. The van der Waals surface area contributed by atoms with E-state index in [1.807, 2.05) is 6.92 Å². The topological polar surface area (TPSA) is 12.9 Å². The highest BCUT2D eigenvalue weighted by molar-refractivity contribution is 9.10. The van der Waals surface area contributed by atoms with Crippen molar-refractivity contribution in [2.75, 3.05) is 0 Å². The van der Waals surface area contributed by atoms with E-state index in [0.29, 0.717) is 5.92 Å². The second-order valence-corrected chi connectivity index (χ2v) is 4.53. The molecule has 0 radical (unpaired) electrons. The first-order valence-electron chi connectivity index (χ1n) is 3.24. The number of nitrogens with zero attached hydrogens (tertiary/aromatic N) is 1. The smallest absolute Gasteiger partial charge is 0.120 e. The van der Waals surface area contributed by atoms with Crippen molar-refractivity contribution in [2.45, 2.75) is 26.7 Å². The fourth-order valence-corrected chi connectivity index (χ4v) is 2.68. The summed E-state index contributed by atoms with van der Waals surface area (Å²) in [5, 5.41) is 1.13. The molecule has 0 saturated carbocycles. The summed E-state index contributed by atoms with van der Waals surface area (Å²) in [5.74, 6) is 0.584. The summed E-state index contributed by atoms with van der Waals surface area (Å²) in [6.45, 7) is 6.39. The lowest BCUT2D eigenvalue weighted by Gasteiger charge is -1.97. The van der Waals surface area contributed by atoms with Crippen molar-refractivity contribution in [3.63, 3.8) is 0 Å². The third kappa shape index (κ3) is 1.58. The molecule has 10 heavy (non-hydrogen) atoms. The zero-order valence-corrected chi connectivity index (χ0v) is 8.71. The van der Waals surface area contributed by atoms with E-state index in [1.165, 1.54) is 4.88 Å². The fourth-order valence-electron chi connectivity index (χ4n) is 0.773. The van der Waals surface area contributed by atoms with Crippen LogP contribution in [0.4, 0.5) is 0 Å². The normalized spacial score (nSPS) is 10.9. The van der Waals surface area contributed by atoms with E-state index in [-0.39, 0.29) is 0 Å². The van der Waals surface area contributed by atoms with Crippen LogP contribution in [0.2, 0.25) is 0 Å². The lowest BCUT2D eigenvalue weighted by atomic mass is 10.2. The van der Waals surface area contributed by atoms with Crippen LogP contribution >= 0.6 is 27.3 Å². The summed E-state index contributed by atoms with van der Waals surface area (Å²) in [7, 11) is 0. The molecule has 0 aliphatic heterocycles. The molecule has 0 saturated heterocycles. The van der Waals surface area contributed by atoms with Gasteiger partial charge in [-0.2, -0.15) is 0 Å². The highest BCUT2D eigenvalue weighted by Crippen LogP contribution is 2.29. The molecule has 0 N–H and O–H groups in total. The highest BCUT2D eigenvalue weighted by atomic mass is 79.9. The Balaban J connectivity index is 3.03. The first-order chi connectivity index (χ1) is 4.61. The molecule has 0 unspecified atom stereocenters. The van der Waals surface area contributed by atoms with Gasteiger partial charge in [-0.15, -0.1) is 11.3 Å². The average Bonchev–Trinajstić information content (AvgIpc) is 2.10. The quantitative estimate of drug-likeness (QED) is 0.707. The zero-order chi connectivity index (χ0) is 7.72. The Morgan fingerprint density at radius 3 is 2.30 bits per heavy atom. The Bertz CT molecular complexity index is 230. The lowest BCUT2D eigenvalue weighted by molar-refractivity contribution is 0.878. The number of hydrogen-bond donors (Lipinski definition) is 0. The van der Waals surface area contributed by atoms with Crippen molar-refractivity contribution in [1.82, 2.24) is 4.98 Å². The van der Waals surface area contributed by atoms with Gasteiger partial charge in [-0.25, -0.2) is 4.98 Å². The predicted octanol–water partition coefficient (Wildman–Crippen LogP) is 3.34. The van der Waals surface area contributed by atoms with E-state index in [1.54, 1.807) is 11.3 Å². The molecule has 0 spiro atoms. The summed E-state index contributed by atoms with van der Waals surface area (Å²) >= 11 is 5.18. The average molecular weight is 220 g/mol. The van der Waals surface area contributed by atoms with E-state index in [4.69, 9.17) is 0 Å². The monoisotopic (exact) mass is 219 g/mol. The molecule has 0 bridgehead atoms. The van der Waals surface area contributed by atoms with Crippen molar-refractivity contribution in [2.24, 2.45) is 0 Å². The maximum Gasteiger partial charge on any atom is 0.120 e. The summed E-state index contributed by atoms with van der Waals surface area (Å²) in [6.07, 6.45) is 0. The Kier molecular flexibility index (Phi) is 2.47. The molecule has 0 atom stereocenters. The second-order valence-electron chi connectivity index (χ2n) is 2.54. The zero-order valence-electron chi connectivity index (χ0n) is 6.31. The third-order valence-corrected chi connectivity index (χ3v) is 3.38. The number of hydrogen-bond acceptors (Lipinski definition) is 2. The standard InChI is InChI=1S/C7H10BrNS/c1-4(2)6-7(8)9-5(3)10-6/h4H,1-3H3. The summed E-state index contributed by atoms with van der Waals surface area (Å²) in [6, 6.07) is 0. The minimum Gasteiger partial charge on any atom is -0.234 e. The molecule has 0 fully saturated rings. The van der Waals surface area contributed by atoms with Crippen LogP contribution in [0, 0.1) is 6.92 Å². The van der Waals surface area contributed by atoms with Gasteiger partial charge in [-0.05, 0) is 28.8 Å². The molecule has 0 amide bonds. The number of aromatic nitrogens is 1. The van der Waals surface area contributed by atoms with Crippen molar-refractivity contribution in [3.8, 4) is 0 Å². The molecular formula is C7H10BrNS. The van der Waals surface area contributed by atoms with Crippen LogP contribution in [0.5, 0.6) is 0 Å².